The van der Waals surface area contributed by atoms with Crippen LogP contribution in [0.5, 0.6) is 11.5 Å². The number of aromatic nitrogens is 2. The number of imidazole rings is 1. The minimum atomic E-state index is -0.223. The van der Waals surface area contributed by atoms with E-state index in [0.717, 1.165) is 22.2 Å². The molecule has 1 aromatic carbocycles. The van der Waals surface area contributed by atoms with Crippen molar-refractivity contribution >= 4 is 17.7 Å². The highest BCUT2D eigenvalue weighted by Gasteiger charge is 2.16. The van der Waals surface area contributed by atoms with Crippen LogP contribution in [0.3, 0.4) is 0 Å². The van der Waals surface area contributed by atoms with E-state index in [1.54, 1.807) is 6.20 Å². The Kier molecular flexibility index (Phi) is 4.71. The molecule has 2 aromatic rings. The van der Waals surface area contributed by atoms with Gasteiger partial charge in [0.2, 0.25) is 12.7 Å². The van der Waals surface area contributed by atoms with E-state index in [-0.39, 0.29) is 18.2 Å². The van der Waals surface area contributed by atoms with Crippen LogP contribution in [-0.2, 0) is 11.3 Å². The minimum absolute atomic E-state index is 0.00475. The Hall–Kier alpha value is -2.15. The predicted octanol–water partition coefficient (Wildman–Crippen LogP) is 2.67. The molecule has 2 heterocycles. The second-order valence-electron chi connectivity index (χ2n) is 6.61. The van der Waals surface area contributed by atoms with E-state index < -0.39 is 0 Å². The van der Waals surface area contributed by atoms with Gasteiger partial charge in [0.05, 0.1) is 5.75 Å². The van der Waals surface area contributed by atoms with Crippen molar-refractivity contribution in [1.29, 1.82) is 0 Å². The van der Waals surface area contributed by atoms with Crippen molar-refractivity contribution < 1.29 is 14.3 Å². The van der Waals surface area contributed by atoms with E-state index in [4.69, 9.17) is 9.47 Å². The molecule has 128 valence electrons. The zero-order valence-electron chi connectivity index (χ0n) is 14.0. The molecule has 0 aliphatic carbocycles. The fourth-order valence-corrected chi connectivity index (χ4v) is 3.14. The number of benzene rings is 1. The normalized spacial score (nSPS) is 13.1. The molecule has 0 saturated carbocycles. The van der Waals surface area contributed by atoms with Gasteiger partial charge in [-0.1, -0.05) is 17.8 Å². The third-order valence-corrected chi connectivity index (χ3v) is 4.32. The van der Waals surface area contributed by atoms with Crippen molar-refractivity contribution in [1.82, 2.24) is 14.9 Å². The number of hydrogen-bond donors (Lipinski definition) is 1. The van der Waals surface area contributed by atoms with E-state index in [1.807, 2.05) is 49.7 Å². The fourth-order valence-electron chi connectivity index (χ4n) is 2.38. The van der Waals surface area contributed by atoms with Gasteiger partial charge in [0.15, 0.2) is 16.7 Å². The Bertz CT molecular complexity index is 737. The van der Waals surface area contributed by atoms with Gasteiger partial charge in [-0.05, 0) is 38.5 Å². The van der Waals surface area contributed by atoms with Crippen molar-refractivity contribution in [2.45, 2.75) is 38.0 Å². The molecule has 24 heavy (non-hydrogen) atoms. The maximum absolute atomic E-state index is 12.0. The van der Waals surface area contributed by atoms with Gasteiger partial charge in [-0.3, -0.25) is 4.79 Å². The standard InChI is InChI=1S/C17H21N3O3S/c1-17(2,3)19-15(21)10-24-16-18-6-7-20(16)9-12-4-5-13-14(8-12)23-11-22-13/h4-8H,9-11H2,1-3H3,(H,19,21). The van der Waals surface area contributed by atoms with Gasteiger partial charge >= 0.3 is 0 Å². The van der Waals surface area contributed by atoms with Crippen LogP contribution in [0.1, 0.15) is 26.3 Å². The van der Waals surface area contributed by atoms with Crippen molar-refractivity contribution in [2.24, 2.45) is 0 Å². The Balaban J connectivity index is 1.62. The number of thioether (sulfide) groups is 1. The van der Waals surface area contributed by atoms with Gasteiger partial charge < -0.3 is 19.4 Å². The lowest BCUT2D eigenvalue weighted by Crippen LogP contribution is -2.41. The summed E-state index contributed by atoms with van der Waals surface area (Å²) in [5.41, 5.74) is 0.873. The van der Waals surface area contributed by atoms with Crippen molar-refractivity contribution in [3.05, 3.63) is 36.2 Å². The zero-order valence-corrected chi connectivity index (χ0v) is 14.9. The molecule has 7 heteroatoms. The lowest BCUT2D eigenvalue weighted by molar-refractivity contribution is -0.119. The second-order valence-corrected chi connectivity index (χ2v) is 7.55. The van der Waals surface area contributed by atoms with Crippen molar-refractivity contribution in [2.75, 3.05) is 12.5 Å². The van der Waals surface area contributed by atoms with Gasteiger partial charge in [0.1, 0.15) is 0 Å². The van der Waals surface area contributed by atoms with Gasteiger partial charge in [-0.15, -0.1) is 0 Å². The van der Waals surface area contributed by atoms with Crippen LogP contribution in [0.15, 0.2) is 35.7 Å². The van der Waals surface area contributed by atoms with E-state index >= 15 is 0 Å². The lowest BCUT2D eigenvalue weighted by atomic mass is 10.1. The summed E-state index contributed by atoms with van der Waals surface area (Å²) in [6.45, 7) is 6.84. The maximum atomic E-state index is 12.0. The van der Waals surface area contributed by atoms with Crippen LogP contribution >= 0.6 is 11.8 Å². The van der Waals surface area contributed by atoms with Gasteiger partial charge in [0, 0.05) is 24.5 Å². The second kappa shape index (κ2) is 6.76. The number of nitrogens with one attached hydrogen (secondary N) is 1. The third kappa shape index (κ3) is 4.23. The Morgan fingerprint density at radius 2 is 2.12 bits per heavy atom. The monoisotopic (exact) mass is 347 g/mol. The lowest BCUT2D eigenvalue weighted by Gasteiger charge is -2.20. The van der Waals surface area contributed by atoms with Gasteiger partial charge in [0.25, 0.3) is 0 Å². The van der Waals surface area contributed by atoms with E-state index in [0.29, 0.717) is 12.3 Å². The Morgan fingerprint density at radius 1 is 1.33 bits per heavy atom. The first-order valence-corrected chi connectivity index (χ1v) is 8.73. The molecule has 0 saturated heterocycles. The summed E-state index contributed by atoms with van der Waals surface area (Å²) in [6, 6.07) is 5.90. The summed E-state index contributed by atoms with van der Waals surface area (Å²) in [6.07, 6.45) is 3.66. The topological polar surface area (TPSA) is 65.4 Å². The van der Waals surface area contributed by atoms with Crippen molar-refractivity contribution in [3.8, 4) is 11.5 Å². The SMILES string of the molecule is CC(C)(C)NC(=O)CSc1nccn1Cc1ccc2c(c1)OCO2. The highest BCUT2D eigenvalue weighted by Crippen LogP contribution is 2.33. The number of carbonyl (C=O) groups is 1. The maximum Gasteiger partial charge on any atom is 0.231 e. The number of fused-ring (bicyclic) bond motifs is 1. The highest BCUT2D eigenvalue weighted by molar-refractivity contribution is 7.99. The number of amides is 1. The molecule has 0 unspecified atom stereocenters. The first kappa shape index (κ1) is 16.7. The molecule has 0 atom stereocenters. The number of ether oxygens (including phenoxy) is 2. The summed E-state index contributed by atoms with van der Waals surface area (Å²) in [5.74, 6) is 1.89. The summed E-state index contributed by atoms with van der Waals surface area (Å²) in [7, 11) is 0. The molecule has 3 rings (SSSR count). The number of carbonyl (C=O) groups excluding carboxylic acids is 1. The van der Waals surface area contributed by atoms with E-state index in [2.05, 4.69) is 10.3 Å². The van der Waals surface area contributed by atoms with E-state index in [1.165, 1.54) is 11.8 Å². The molecule has 1 amide bonds. The minimum Gasteiger partial charge on any atom is -0.454 e. The Labute approximate surface area is 145 Å². The van der Waals surface area contributed by atoms with Crippen molar-refractivity contribution in [3.63, 3.8) is 0 Å². The van der Waals surface area contributed by atoms with Crippen LogP contribution < -0.4 is 14.8 Å². The summed E-state index contributed by atoms with van der Waals surface area (Å²) in [4.78, 5) is 16.3. The number of rotatable bonds is 5. The van der Waals surface area contributed by atoms with Crippen LogP contribution in [0, 0.1) is 0 Å². The van der Waals surface area contributed by atoms with Crippen LogP contribution in [-0.4, -0.2) is 33.5 Å². The Morgan fingerprint density at radius 3 is 2.92 bits per heavy atom. The fraction of sp³-hybridized carbons (Fsp3) is 0.412. The summed E-state index contributed by atoms with van der Waals surface area (Å²) >= 11 is 1.43. The largest absolute Gasteiger partial charge is 0.454 e. The summed E-state index contributed by atoms with van der Waals surface area (Å²) in [5, 5.41) is 3.77. The van der Waals surface area contributed by atoms with Crippen LogP contribution in [0.25, 0.3) is 0 Å². The van der Waals surface area contributed by atoms with E-state index in [9.17, 15) is 4.79 Å². The smallest absolute Gasteiger partial charge is 0.231 e. The predicted molar refractivity (Wildman–Crippen MR) is 92.5 cm³/mol. The average molecular weight is 347 g/mol. The molecular weight excluding hydrogens is 326 g/mol. The third-order valence-electron chi connectivity index (χ3n) is 3.31. The average Bonchev–Trinajstić information content (AvgIpc) is 3.12. The molecule has 6 nitrogen and oxygen atoms in total. The van der Waals surface area contributed by atoms with Crippen LogP contribution in [0.2, 0.25) is 0 Å². The molecule has 1 N–H and O–H groups in total. The highest BCUT2D eigenvalue weighted by atomic mass is 32.2. The molecule has 0 radical (unpaired) electrons. The quantitative estimate of drug-likeness (QED) is 0.843. The number of nitrogens with zero attached hydrogens (tertiary/aromatic N) is 2. The molecular formula is C17H21N3O3S. The molecule has 0 fully saturated rings. The number of hydrogen-bond acceptors (Lipinski definition) is 5. The van der Waals surface area contributed by atoms with Gasteiger partial charge in [-0.2, -0.15) is 0 Å². The molecule has 1 aliphatic heterocycles. The molecule has 0 spiro atoms. The van der Waals surface area contributed by atoms with Gasteiger partial charge in [-0.25, -0.2) is 4.98 Å². The molecule has 1 aromatic heterocycles. The first-order chi connectivity index (χ1) is 11.4. The van der Waals surface area contributed by atoms with Crippen LogP contribution in [0.4, 0.5) is 0 Å². The molecule has 1 aliphatic rings. The summed E-state index contributed by atoms with van der Waals surface area (Å²) < 4.78 is 12.8. The zero-order chi connectivity index (χ0) is 17.2. The first-order valence-electron chi connectivity index (χ1n) is 7.74. The molecule has 0 bridgehead atoms.